The molecule has 0 spiro atoms. The fourth-order valence-corrected chi connectivity index (χ4v) is 4.68. The number of hydrogen-bond donors (Lipinski definition) is 1. The monoisotopic (exact) mass is 533 g/mol. The summed E-state index contributed by atoms with van der Waals surface area (Å²) in [4.78, 5) is 28.4. The van der Waals surface area contributed by atoms with E-state index in [9.17, 15) is 18.0 Å². The zero-order valence-electron chi connectivity index (χ0n) is 22.8. The predicted octanol–water partition coefficient (Wildman–Crippen LogP) is 3.58. The molecule has 2 amide bonds. The van der Waals surface area contributed by atoms with Crippen LogP contribution in [-0.2, 0) is 26.2 Å². The molecule has 2 rings (SSSR count). The van der Waals surface area contributed by atoms with Crippen LogP contribution in [0.25, 0.3) is 0 Å². The maximum Gasteiger partial charge on any atom is 0.244 e. The molecule has 10 heteroatoms. The Morgan fingerprint density at radius 2 is 1.68 bits per heavy atom. The van der Waals surface area contributed by atoms with Crippen molar-refractivity contribution in [3.63, 3.8) is 0 Å². The van der Waals surface area contributed by atoms with Crippen molar-refractivity contribution in [2.75, 3.05) is 30.8 Å². The second kappa shape index (κ2) is 12.8. The van der Waals surface area contributed by atoms with Gasteiger partial charge < -0.3 is 19.7 Å². The Hall–Kier alpha value is -3.27. The number of methoxy groups -OCH3 is 1. The molecule has 9 nitrogen and oxygen atoms in total. The number of anilines is 1. The van der Waals surface area contributed by atoms with Gasteiger partial charge in [0.15, 0.2) is 0 Å². The Balaban J connectivity index is 2.45. The van der Waals surface area contributed by atoms with Crippen molar-refractivity contribution >= 4 is 27.5 Å². The third kappa shape index (κ3) is 8.96. The molecule has 0 unspecified atom stereocenters. The van der Waals surface area contributed by atoms with Gasteiger partial charge in [0, 0.05) is 12.1 Å². The van der Waals surface area contributed by atoms with Crippen molar-refractivity contribution in [3.05, 3.63) is 54.1 Å². The highest BCUT2D eigenvalue weighted by atomic mass is 32.2. The van der Waals surface area contributed by atoms with Crippen molar-refractivity contribution in [2.45, 2.75) is 59.2 Å². The van der Waals surface area contributed by atoms with Gasteiger partial charge >= 0.3 is 0 Å². The van der Waals surface area contributed by atoms with Crippen LogP contribution in [0.4, 0.5) is 5.69 Å². The molecule has 0 radical (unpaired) electrons. The summed E-state index contributed by atoms with van der Waals surface area (Å²) in [7, 11) is -2.26. The van der Waals surface area contributed by atoms with Crippen LogP contribution in [0.15, 0.2) is 48.5 Å². The summed E-state index contributed by atoms with van der Waals surface area (Å²) in [5.41, 5.74) is 0.575. The van der Waals surface area contributed by atoms with Crippen LogP contribution in [0, 0.1) is 0 Å². The van der Waals surface area contributed by atoms with E-state index >= 15 is 0 Å². The van der Waals surface area contributed by atoms with Crippen LogP contribution < -0.4 is 19.1 Å². The minimum absolute atomic E-state index is 0.104. The Labute approximate surface area is 220 Å². The predicted molar refractivity (Wildman–Crippen MR) is 145 cm³/mol. The highest BCUT2D eigenvalue weighted by Crippen LogP contribution is 2.23. The summed E-state index contributed by atoms with van der Waals surface area (Å²) < 4.78 is 37.3. The Morgan fingerprint density at radius 3 is 2.19 bits per heavy atom. The zero-order valence-corrected chi connectivity index (χ0v) is 23.6. The number of nitrogens with zero attached hydrogens (tertiary/aromatic N) is 2. The third-order valence-electron chi connectivity index (χ3n) is 5.49. The molecule has 0 aliphatic rings. The second-order valence-electron chi connectivity index (χ2n) is 9.73. The molecule has 0 heterocycles. The molecule has 0 fully saturated rings. The van der Waals surface area contributed by atoms with Crippen molar-refractivity contribution in [1.29, 1.82) is 0 Å². The van der Waals surface area contributed by atoms with Gasteiger partial charge in [-0.3, -0.25) is 13.9 Å². The minimum Gasteiger partial charge on any atom is -0.497 e. The molecule has 0 aliphatic heterocycles. The van der Waals surface area contributed by atoms with Gasteiger partial charge in [0.2, 0.25) is 21.8 Å². The molecule has 204 valence electrons. The number of carbonyl (C=O) groups excluding carboxylic acids is 2. The van der Waals surface area contributed by atoms with Crippen LogP contribution in [0.3, 0.4) is 0 Å². The van der Waals surface area contributed by atoms with Gasteiger partial charge in [0.25, 0.3) is 0 Å². The fourth-order valence-electron chi connectivity index (χ4n) is 3.83. The first-order chi connectivity index (χ1) is 17.3. The first kappa shape index (κ1) is 30.0. The lowest BCUT2D eigenvalue weighted by atomic mass is 10.1. The van der Waals surface area contributed by atoms with Crippen molar-refractivity contribution in [2.24, 2.45) is 0 Å². The van der Waals surface area contributed by atoms with Crippen LogP contribution in [-0.4, -0.2) is 63.2 Å². The van der Waals surface area contributed by atoms with Gasteiger partial charge in [-0.2, -0.15) is 0 Å². The van der Waals surface area contributed by atoms with Gasteiger partial charge in [-0.05, 0) is 76.1 Å². The molecule has 1 N–H and O–H groups in total. The number of carbonyl (C=O) groups is 2. The summed E-state index contributed by atoms with van der Waals surface area (Å²) in [6, 6.07) is 12.9. The van der Waals surface area contributed by atoms with Crippen LogP contribution in [0.5, 0.6) is 11.5 Å². The molecule has 37 heavy (non-hydrogen) atoms. The fraction of sp³-hybridized carbons (Fsp3) is 0.481. The largest absolute Gasteiger partial charge is 0.497 e. The summed E-state index contributed by atoms with van der Waals surface area (Å²) >= 11 is 0. The van der Waals surface area contributed by atoms with Crippen LogP contribution in [0.1, 0.15) is 46.6 Å². The number of benzene rings is 2. The van der Waals surface area contributed by atoms with Crippen molar-refractivity contribution < 1.29 is 27.5 Å². The highest BCUT2D eigenvalue weighted by molar-refractivity contribution is 7.92. The lowest BCUT2D eigenvalue weighted by Crippen LogP contribution is -2.55. The number of rotatable bonds is 12. The quantitative estimate of drug-likeness (QED) is 0.447. The van der Waals surface area contributed by atoms with Crippen LogP contribution in [0.2, 0.25) is 0 Å². The van der Waals surface area contributed by atoms with E-state index in [1.54, 1.807) is 49.6 Å². The molecule has 0 aliphatic carbocycles. The van der Waals surface area contributed by atoms with Crippen LogP contribution >= 0.6 is 0 Å². The van der Waals surface area contributed by atoms with E-state index in [1.165, 1.54) is 4.90 Å². The van der Waals surface area contributed by atoms with E-state index in [-0.39, 0.29) is 12.5 Å². The minimum atomic E-state index is -3.81. The maximum absolute atomic E-state index is 13.8. The average molecular weight is 534 g/mol. The van der Waals surface area contributed by atoms with E-state index in [0.29, 0.717) is 30.2 Å². The second-order valence-corrected chi connectivity index (χ2v) is 11.6. The smallest absolute Gasteiger partial charge is 0.244 e. The third-order valence-corrected chi connectivity index (χ3v) is 6.63. The molecule has 0 saturated heterocycles. The molecular formula is C27H39N3O6S. The van der Waals surface area contributed by atoms with E-state index in [2.05, 4.69) is 5.32 Å². The van der Waals surface area contributed by atoms with E-state index in [0.717, 1.165) is 16.1 Å². The van der Waals surface area contributed by atoms with Crippen molar-refractivity contribution in [3.8, 4) is 11.5 Å². The SMILES string of the molecule is CCOc1ccc(N(CC(=O)N(Cc2cccc(OC)c2)[C@H](CC)C(=O)NC(C)(C)C)S(C)(=O)=O)cc1. The number of nitrogens with one attached hydrogen (secondary N) is 1. The standard InChI is InChI=1S/C27H39N3O6S/c1-8-24(26(32)28-27(3,4)5)29(18-20-11-10-12-23(17-20)35-6)25(31)19-30(37(7,33)34)21-13-15-22(16-14-21)36-9-2/h10-17,24H,8-9,18-19H2,1-7H3,(H,28,32)/t24-/m1/s1. The van der Waals surface area contributed by atoms with E-state index in [4.69, 9.17) is 9.47 Å². The Kier molecular flexibility index (Phi) is 10.4. The first-order valence-electron chi connectivity index (χ1n) is 12.2. The molecule has 0 bridgehead atoms. The number of sulfonamides is 1. The summed E-state index contributed by atoms with van der Waals surface area (Å²) in [6.07, 6.45) is 1.40. The van der Waals surface area contributed by atoms with E-state index < -0.39 is 34.1 Å². The number of hydrogen-bond acceptors (Lipinski definition) is 6. The van der Waals surface area contributed by atoms with Gasteiger partial charge in [0.1, 0.15) is 24.1 Å². The normalized spacial score (nSPS) is 12.4. The molecular weight excluding hydrogens is 494 g/mol. The molecule has 2 aromatic carbocycles. The first-order valence-corrected chi connectivity index (χ1v) is 14.1. The zero-order chi connectivity index (χ0) is 27.8. The number of ether oxygens (including phenoxy) is 2. The average Bonchev–Trinajstić information content (AvgIpc) is 2.81. The number of amides is 2. The molecule has 1 atom stereocenters. The Morgan fingerprint density at radius 1 is 1.03 bits per heavy atom. The highest BCUT2D eigenvalue weighted by Gasteiger charge is 2.33. The lowest BCUT2D eigenvalue weighted by Gasteiger charge is -2.34. The van der Waals surface area contributed by atoms with Crippen molar-refractivity contribution in [1.82, 2.24) is 10.2 Å². The van der Waals surface area contributed by atoms with Gasteiger partial charge in [-0.1, -0.05) is 19.1 Å². The van der Waals surface area contributed by atoms with Gasteiger partial charge in [0.05, 0.1) is 25.7 Å². The molecule has 0 saturated carbocycles. The summed E-state index contributed by atoms with van der Waals surface area (Å²) in [5, 5.41) is 2.94. The van der Waals surface area contributed by atoms with Gasteiger partial charge in [-0.15, -0.1) is 0 Å². The van der Waals surface area contributed by atoms with E-state index in [1.807, 2.05) is 40.7 Å². The summed E-state index contributed by atoms with van der Waals surface area (Å²) in [5.74, 6) is 0.399. The lowest BCUT2D eigenvalue weighted by molar-refractivity contribution is -0.141. The topological polar surface area (TPSA) is 105 Å². The van der Waals surface area contributed by atoms with Gasteiger partial charge in [-0.25, -0.2) is 8.42 Å². The Bertz CT molecular complexity index is 1160. The summed E-state index contributed by atoms with van der Waals surface area (Å²) in [6.45, 7) is 9.38. The molecule has 0 aromatic heterocycles. The maximum atomic E-state index is 13.8. The molecule has 2 aromatic rings.